The number of carbonyl (C=O) groups is 1. The molecule has 2 N–H and O–H groups in total. The summed E-state index contributed by atoms with van der Waals surface area (Å²) in [7, 11) is 1.89. The van der Waals surface area contributed by atoms with Gasteiger partial charge in [-0.3, -0.25) is 4.79 Å². The Labute approximate surface area is 138 Å². The van der Waals surface area contributed by atoms with E-state index < -0.39 is 0 Å². The van der Waals surface area contributed by atoms with Gasteiger partial charge in [0.25, 0.3) is 0 Å². The molecule has 23 heavy (non-hydrogen) atoms. The summed E-state index contributed by atoms with van der Waals surface area (Å²) in [6, 6.07) is 8.38. The van der Waals surface area contributed by atoms with Crippen molar-refractivity contribution in [1.29, 1.82) is 0 Å². The van der Waals surface area contributed by atoms with Crippen LogP contribution in [-0.4, -0.2) is 50.2 Å². The van der Waals surface area contributed by atoms with E-state index in [2.05, 4.69) is 23.1 Å². The van der Waals surface area contributed by atoms with Gasteiger partial charge in [0.05, 0.1) is 19.1 Å². The number of para-hydroxylation sites is 1. The van der Waals surface area contributed by atoms with Crippen LogP contribution < -0.4 is 10.6 Å². The van der Waals surface area contributed by atoms with Crippen LogP contribution in [0.15, 0.2) is 24.3 Å². The molecule has 5 heteroatoms. The lowest BCUT2D eigenvalue weighted by molar-refractivity contribution is -0.134. The molecule has 2 atom stereocenters. The van der Waals surface area contributed by atoms with Gasteiger partial charge < -0.3 is 20.3 Å². The second-order valence-corrected chi connectivity index (χ2v) is 6.62. The van der Waals surface area contributed by atoms with E-state index in [0.29, 0.717) is 6.54 Å². The summed E-state index contributed by atoms with van der Waals surface area (Å²) in [6.45, 7) is 3.97. The van der Waals surface area contributed by atoms with Gasteiger partial charge in [0, 0.05) is 38.4 Å². The molecule has 1 saturated heterocycles. The first-order valence-electron chi connectivity index (χ1n) is 8.58. The van der Waals surface area contributed by atoms with Crippen molar-refractivity contribution in [2.75, 3.05) is 38.3 Å². The fourth-order valence-corrected chi connectivity index (χ4v) is 3.67. The lowest BCUT2D eigenvalue weighted by Crippen LogP contribution is -2.40. The number of benzene rings is 1. The predicted octanol–water partition coefficient (Wildman–Crippen LogP) is 1.61. The second-order valence-electron chi connectivity index (χ2n) is 6.62. The minimum Gasteiger partial charge on any atom is -0.378 e. The van der Waals surface area contributed by atoms with Crippen LogP contribution in [0.2, 0.25) is 0 Å². The van der Waals surface area contributed by atoms with Gasteiger partial charge in [-0.05, 0) is 24.5 Å². The van der Waals surface area contributed by atoms with Crippen molar-refractivity contribution in [2.24, 2.45) is 11.7 Å². The summed E-state index contributed by atoms with van der Waals surface area (Å²) in [6.07, 6.45) is 2.96. The molecule has 126 valence electrons. The van der Waals surface area contributed by atoms with Gasteiger partial charge in [0.15, 0.2) is 0 Å². The van der Waals surface area contributed by atoms with Crippen molar-refractivity contribution < 1.29 is 9.53 Å². The zero-order chi connectivity index (χ0) is 16.2. The van der Waals surface area contributed by atoms with E-state index in [4.69, 9.17) is 10.5 Å². The standard InChI is InChI=1S/C18H27N3O2/c1-20(18(22)15-6-4-7-16(15)19)13-14-5-2-3-8-17(14)21-9-11-23-12-10-21/h2-3,5,8,15-16H,4,6-7,9-13,19H2,1H3/t15-,16-/m1/s1. The Kier molecular flexibility index (Phi) is 5.18. The summed E-state index contributed by atoms with van der Waals surface area (Å²) >= 11 is 0. The second kappa shape index (κ2) is 7.32. The summed E-state index contributed by atoms with van der Waals surface area (Å²) < 4.78 is 5.44. The minimum atomic E-state index is -0.00412. The van der Waals surface area contributed by atoms with Crippen LogP contribution in [0.4, 0.5) is 5.69 Å². The number of hydrogen-bond acceptors (Lipinski definition) is 4. The van der Waals surface area contributed by atoms with Gasteiger partial charge in [-0.2, -0.15) is 0 Å². The van der Waals surface area contributed by atoms with Gasteiger partial charge in [0.2, 0.25) is 5.91 Å². The smallest absolute Gasteiger partial charge is 0.227 e. The van der Waals surface area contributed by atoms with Crippen molar-refractivity contribution in [3.63, 3.8) is 0 Å². The van der Waals surface area contributed by atoms with Crippen LogP contribution in [0.3, 0.4) is 0 Å². The first kappa shape index (κ1) is 16.3. The van der Waals surface area contributed by atoms with Crippen molar-refractivity contribution in [1.82, 2.24) is 4.90 Å². The van der Waals surface area contributed by atoms with Gasteiger partial charge in [0.1, 0.15) is 0 Å². The van der Waals surface area contributed by atoms with E-state index in [1.807, 2.05) is 18.0 Å². The van der Waals surface area contributed by atoms with Crippen LogP contribution in [0.25, 0.3) is 0 Å². The maximum absolute atomic E-state index is 12.7. The number of morpholine rings is 1. The molecular formula is C18H27N3O2. The van der Waals surface area contributed by atoms with E-state index in [9.17, 15) is 4.79 Å². The fraction of sp³-hybridized carbons (Fsp3) is 0.611. The number of carbonyl (C=O) groups excluding carboxylic acids is 1. The summed E-state index contributed by atoms with van der Waals surface area (Å²) in [5, 5.41) is 0. The molecule has 3 rings (SSSR count). The Hall–Kier alpha value is -1.59. The third-order valence-electron chi connectivity index (χ3n) is 5.01. The average molecular weight is 317 g/mol. The first-order chi connectivity index (χ1) is 11.2. The fourth-order valence-electron chi connectivity index (χ4n) is 3.67. The zero-order valence-corrected chi connectivity index (χ0v) is 13.9. The van der Waals surface area contributed by atoms with Crippen molar-refractivity contribution >= 4 is 11.6 Å². The highest BCUT2D eigenvalue weighted by Gasteiger charge is 2.32. The van der Waals surface area contributed by atoms with E-state index in [0.717, 1.165) is 45.6 Å². The van der Waals surface area contributed by atoms with Gasteiger partial charge in [-0.15, -0.1) is 0 Å². The molecule has 0 bridgehead atoms. The maximum Gasteiger partial charge on any atom is 0.227 e. The van der Waals surface area contributed by atoms with E-state index in [1.165, 1.54) is 11.3 Å². The number of rotatable bonds is 4. The number of hydrogen-bond donors (Lipinski definition) is 1. The minimum absolute atomic E-state index is 0.00412. The quantitative estimate of drug-likeness (QED) is 0.916. The summed E-state index contributed by atoms with van der Waals surface area (Å²) in [5.74, 6) is 0.183. The van der Waals surface area contributed by atoms with E-state index in [1.54, 1.807) is 0 Å². The molecular weight excluding hydrogens is 290 g/mol. The van der Waals surface area contributed by atoms with Gasteiger partial charge in [-0.1, -0.05) is 24.6 Å². The van der Waals surface area contributed by atoms with Gasteiger partial charge >= 0.3 is 0 Å². The van der Waals surface area contributed by atoms with Crippen molar-refractivity contribution in [3.05, 3.63) is 29.8 Å². The molecule has 1 amide bonds. The molecule has 1 aromatic carbocycles. The average Bonchev–Trinajstić information content (AvgIpc) is 3.01. The molecule has 5 nitrogen and oxygen atoms in total. The van der Waals surface area contributed by atoms with Crippen molar-refractivity contribution in [3.8, 4) is 0 Å². The zero-order valence-electron chi connectivity index (χ0n) is 13.9. The number of nitrogens with two attached hydrogens (primary N) is 1. The SMILES string of the molecule is CN(Cc1ccccc1N1CCOCC1)C(=O)[C@@H]1CCC[C@H]1N. The number of anilines is 1. The first-order valence-corrected chi connectivity index (χ1v) is 8.58. The van der Waals surface area contributed by atoms with Gasteiger partial charge in [-0.25, -0.2) is 0 Å². The molecule has 2 fully saturated rings. The number of nitrogens with zero attached hydrogens (tertiary/aromatic N) is 2. The largest absolute Gasteiger partial charge is 0.378 e. The predicted molar refractivity (Wildman–Crippen MR) is 91.3 cm³/mol. The lowest BCUT2D eigenvalue weighted by atomic mass is 10.0. The third kappa shape index (κ3) is 3.67. The number of amides is 1. The topological polar surface area (TPSA) is 58.8 Å². The molecule has 1 heterocycles. The molecule has 1 aliphatic heterocycles. The van der Waals surface area contributed by atoms with Crippen LogP contribution in [0, 0.1) is 5.92 Å². The highest BCUT2D eigenvalue weighted by atomic mass is 16.5. The van der Waals surface area contributed by atoms with Crippen LogP contribution in [-0.2, 0) is 16.1 Å². The molecule has 0 aromatic heterocycles. The maximum atomic E-state index is 12.7. The third-order valence-corrected chi connectivity index (χ3v) is 5.01. The Morgan fingerprint density at radius 3 is 2.74 bits per heavy atom. The monoisotopic (exact) mass is 317 g/mol. The Bertz CT molecular complexity index is 543. The Morgan fingerprint density at radius 2 is 2.04 bits per heavy atom. The molecule has 1 aliphatic carbocycles. The van der Waals surface area contributed by atoms with Crippen LogP contribution in [0.1, 0.15) is 24.8 Å². The van der Waals surface area contributed by atoms with E-state index in [-0.39, 0.29) is 17.9 Å². The molecule has 1 aromatic rings. The highest BCUT2D eigenvalue weighted by Crippen LogP contribution is 2.27. The van der Waals surface area contributed by atoms with E-state index >= 15 is 0 Å². The normalized spacial score (nSPS) is 24.7. The number of ether oxygens (including phenoxy) is 1. The summed E-state index contributed by atoms with van der Waals surface area (Å²) in [4.78, 5) is 16.8. The molecule has 0 spiro atoms. The van der Waals surface area contributed by atoms with Crippen LogP contribution in [0.5, 0.6) is 0 Å². The molecule has 1 saturated carbocycles. The lowest BCUT2D eigenvalue weighted by Gasteiger charge is -2.32. The highest BCUT2D eigenvalue weighted by molar-refractivity contribution is 5.79. The van der Waals surface area contributed by atoms with Crippen molar-refractivity contribution in [2.45, 2.75) is 31.8 Å². The molecule has 0 radical (unpaired) electrons. The molecule has 2 aliphatic rings. The van der Waals surface area contributed by atoms with Crippen LogP contribution >= 0.6 is 0 Å². The Morgan fingerprint density at radius 1 is 1.30 bits per heavy atom. The molecule has 0 unspecified atom stereocenters. The summed E-state index contributed by atoms with van der Waals surface area (Å²) in [5.41, 5.74) is 8.49. The Balaban J connectivity index is 1.70.